The lowest BCUT2D eigenvalue weighted by molar-refractivity contribution is 0.112. The molecular formula is C17H28N2. The van der Waals surface area contributed by atoms with Crippen LogP contribution in [0.4, 0.5) is 0 Å². The first-order valence-electron chi connectivity index (χ1n) is 7.84. The van der Waals surface area contributed by atoms with Crippen LogP contribution in [-0.2, 0) is 6.54 Å². The van der Waals surface area contributed by atoms with Gasteiger partial charge < -0.3 is 5.32 Å². The summed E-state index contributed by atoms with van der Waals surface area (Å²) in [5, 5.41) is 3.73. The van der Waals surface area contributed by atoms with Crippen LogP contribution in [0.1, 0.15) is 45.1 Å². The average Bonchev–Trinajstić information content (AvgIpc) is 2.43. The minimum absolute atomic E-state index is 0.682. The smallest absolute Gasteiger partial charge is 0.0237 e. The standard InChI is InChI=1S/C17H28N2/c1-3-8-16-14-19(17(9-4-2)12-18-16)13-15-10-6-5-7-11-15/h5-7,10-11,16-18H,3-4,8-9,12-14H2,1-2H3/t16-,17+/m0/s1. The highest BCUT2D eigenvalue weighted by molar-refractivity contribution is 5.14. The summed E-state index contributed by atoms with van der Waals surface area (Å²) in [6.07, 6.45) is 5.15. The van der Waals surface area contributed by atoms with Gasteiger partial charge in [0.25, 0.3) is 0 Å². The fraction of sp³-hybridized carbons (Fsp3) is 0.647. The van der Waals surface area contributed by atoms with E-state index in [1.165, 1.54) is 37.8 Å². The Balaban J connectivity index is 1.98. The molecule has 0 amide bonds. The minimum Gasteiger partial charge on any atom is -0.311 e. The summed E-state index contributed by atoms with van der Waals surface area (Å²) in [5.74, 6) is 0. The van der Waals surface area contributed by atoms with Crippen LogP contribution in [0.2, 0.25) is 0 Å². The Kier molecular flexibility index (Phi) is 5.87. The molecule has 0 radical (unpaired) electrons. The van der Waals surface area contributed by atoms with E-state index in [4.69, 9.17) is 0 Å². The molecule has 2 rings (SSSR count). The predicted molar refractivity (Wildman–Crippen MR) is 82.2 cm³/mol. The number of benzene rings is 1. The Morgan fingerprint density at radius 3 is 2.53 bits per heavy atom. The Labute approximate surface area is 118 Å². The molecule has 1 N–H and O–H groups in total. The fourth-order valence-electron chi connectivity index (χ4n) is 3.10. The van der Waals surface area contributed by atoms with E-state index in [9.17, 15) is 0 Å². The lowest BCUT2D eigenvalue weighted by Gasteiger charge is -2.40. The van der Waals surface area contributed by atoms with E-state index in [1.54, 1.807) is 0 Å². The SMILES string of the molecule is CCC[C@H]1CN(Cc2ccccc2)[C@H](CCC)CN1. The van der Waals surface area contributed by atoms with Crippen molar-refractivity contribution in [2.45, 2.75) is 58.2 Å². The van der Waals surface area contributed by atoms with Crippen LogP contribution < -0.4 is 5.32 Å². The van der Waals surface area contributed by atoms with E-state index in [-0.39, 0.29) is 0 Å². The van der Waals surface area contributed by atoms with Crippen molar-refractivity contribution >= 4 is 0 Å². The summed E-state index contributed by atoms with van der Waals surface area (Å²) in [6.45, 7) is 8.03. The van der Waals surface area contributed by atoms with E-state index in [1.807, 2.05) is 0 Å². The first-order chi connectivity index (χ1) is 9.33. The lowest BCUT2D eigenvalue weighted by atomic mass is 10.0. The van der Waals surface area contributed by atoms with E-state index in [2.05, 4.69) is 54.4 Å². The summed E-state index contributed by atoms with van der Waals surface area (Å²) in [5.41, 5.74) is 1.45. The zero-order valence-corrected chi connectivity index (χ0v) is 12.4. The molecule has 0 bridgehead atoms. The molecule has 2 heteroatoms. The third-order valence-corrected chi connectivity index (χ3v) is 4.10. The van der Waals surface area contributed by atoms with Crippen molar-refractivity contribution in [3.8, 4) is 0 Å². The molecule has 1 aromatic rings. The van der Waals surface area contributed by atoms with Gasteiger partial charge in [0.2, 0.25) is 0 Å². The molecule has 1 aromatic carbocycles. The maximum Gasteiger partial charge on any atom is 0.0237 e. The van der Waals surface area contributed by atoms with Gasteiger partial charge in [-0.05, 0) is 18.4 Å². The second-order valence-corrected chi connectivity index (χ2v) is 5.75. The maximum atomic E-state index is 3.73. The minimum atomic E-state index is 0.682. The van der Waals surface area contributed by atoms with E-state index in [0.29, 0.717) is 12.1 Å². The van der Waals surface area contributed by atoms with Crippen molar-refractivity contribution in [3.05, 3.63) is 35.9 Å². The summed E-state index contributed by atoms with van der Waals surface area (Å²) in [6, 6.07) is 12.3. The highest BCUT2D eigenvalue weighted by Gasteiger charge is 2.26. The van der Waals surface area contributed by atoms with Crippen LogP contribution in [0.5, 0.6) is 0 Å². The molecule has 1 fully saturated rings. The summed E-state index contributed by atoms with van der Waals surface area (Å²) < 4.78 is 0. The summed E-state index contributed by atoms with van der Waals surface area (Å²) in [7, 11) is 0. The average molecular weight is 260 g/mol. The first-order valence-corrected chi connectivity index (χ1v) is 7.84. The van der Waals surface area contributed by atoms with Gasteiger partial charge in [-0.2, -0.15) is 0 Å². The van der Waals surface area contributed by atoms with Crippen molar-refractivity contribution in [3.63, 3.8) is 0 Å². The summed E-state index contributed by atoms with van der Waals surface area (Å²) in [4.78, 5) is 2.69. The van der Waals surface area contributed by atoms with Crippen molar-refractivity contribution in [2.24, 2.45) is 0 Å². The molecule has 19 heavy (non-hydrogen) atoms. The molecule has 1 heterocycles. The van der Waals surface area contributed by atoms with Gasteiger partial charge in [-0.15, -0.1) is 0 Å². The molecule has 0 aliphatic carbocycles. The zero-order chi connectivity index (χ0) is 13.5. The zero-order valence-electron chi connectivity index (χ0n) is 12.4. The summed E-state index contributed by atoms with van der Waals surface area (Å²) >= 11 is 0. The van der Waals surface area contributed by atoms with Gasteiger partial charge >= 0.3 is 0 Å². The molecule has 106 valence electrons. The van der Waals surface area contributed by atoms with Crippen LogP contribution >= 0.6 is 0 Å². The monoisotopic (exact) mass is 260 g/mol. The number of piperazine rings is 1. The third-order valence-electron chi connectivity index (χ3n) is 4.10. The van der Waals surface area contributed by atoms with Crippen molar-refractivity contribution in [1.82, 2.24) is 10.2 Å². The van der Waals surface area contributed by atoms with Crippen LogP contribution in [0.15, 0.2) is 30.3 Å². The lowest BCUT2D eigenvalue weighted by Crippen LogP contribution is -2.55. The van der Waals surface area contributed by atoms with Crippen LogP contribution in [0.25, 0.3) is 0 Å². The molecule has 2 nitrogen and oxygen atoms in total. The quantitative estimate of drug-likeness (QED) is 0.843. The Morgan fingerprint density at radius 2 is 1.84 bits per heavy atom. The molecule has 2 atom stereocenters. The molecule has 0 unspecified atom stereocenters. The Bertz CT molecular complexity index is 350. The number of rotatable bonds is 6. The number of nitrogens with zero attached hydrogens (tertiary/aromatic N) is 1. The normalized spacial score (nSPS) is 24.5. The van der Waals surface area contributed by atoms with E-state index < -0.39 is 0 Å². The Hall–Kier alpha value is -0.860. The van der Waals surface area contributed by atoms with Gasteiger partial charge in [0.05, 0.1) is 0 Å². The van der Waals surface area contributed by atoms with Crippen LogP contribution in [0, 0.1) is 0 Å². The molecule has 0 spiro atoms. The second kappa shape index (κ2) is 7.66. The number of nitrogens with one attached hydrogen (secondary N) is 1. The third kappa shape index (κ3) is 4.32. The van der Waals surface area contributed by atoms with Crippen molar-refractivity contribution < 1.29 is 0 Å². The molecule has 1 aliphatic heterocycles. The largest absolute Gasteiger partial charge is 0.311 e. The topological polar surface area (TPSA) is 15.3 Å². The fourth-order valence-corrected chi connectivity index (χ4v) is 3.10. The van der Waals surface area contributed by atoms with Crippen molar-refractivity contribution in [1.29, 1.82) is 0 Å². The van der Waals surface area contributed by atoms with E-state index in [0.717, 1.165) is 13.1 Å². The highest BCUT2D eigenvalue weighted by Crippen LogP contribution is 2.17. The number of hydrogen-bond donors (Lipinski definition) is 1. The van der Waals surface area contributed by atoms with Gasteiger partial charge in [0.1, 0.15) is 0 Å². The van der Waals surface area contributed by atoms with E-state index >= 15 is 0 Å². The van der Waals surface area contributed by atoms with Gasteiger partial charge in [-0.25, -0.2) is 0 Å². The molecule has 0 saturated carbocycles. The molecule has 1 saturated heterocycles. The maximum absolute atomic E-state index is 3.73. The molecule has 0 aromatic heterocycles. The van der Waals surface area contributed by atoms with Gasteiger partial charge in [-0.3, -0.25) is 4.90 Å². The second-order valence-electron chi connectivity index (χ2n) is 5.75. The van der Waals surface area contributed by atoms with Gasteiger partial charge in [0, 0.05) is 31.7 Å². The van der Waals surface area contributed by atoms with Crippen LogP contribution in [-0.4, -0.2) is 30.1 Å². The van der Waals surface area contributed by atoms with Gasteiger partial charge in [-0.1, -0.05) is 57.0 Å². The van der Waals surface area contributed by atoms with Gasteiger partial charge in [0.15, 0.2) is 0 Å². The van der Waals surface area contributed by atoms with Crippen molar-refractivity contribution in [2.75, 3.05) is 13.1 Å². The predicted octanol–water partition coefficient (Wildman–Crippen LogP) is 3.43. The number of hydrogen-bond acceptors (Lipinski definition) is 2. The molecular weight excluding hydrogens is 232 g/mol. The Morgan fingerprint density at radius 1 is 1.11 bits per heavy atom. The van der Waals surface area contributed by atoms with Crippen LogP contribution in [0.3, 0.4) is 0 Å². The molecule has 1 aliphatic rings. The first kappa shape index (κ1) is 14.5. The highest BCUT2D eigenvalue weighted by atomic mass is 15.2.